The molecule has 1 aromatic heterocycles. The lowest BCUT2D eigenvalue weighted by atomic mass is 10.1. The highest BCUT2D eigenvalue weighted by Crippen LogP contribution is 2.24. The van der Waals surface area contributed by atoms with E-state index in [1.54, 1.807) is 44.6 Å². The topological polar surface area (TPSA) is 80.9 Å². The Hall–Kier alpha value is -3.10. The van der Waals surface area contributed by atoms with E-state index in [0.29, 0.717) is 66.5 Å². The molecule has 1 amide bonds. The molecule has 1 aliphatic rings. The third kappa shape index (κ3) is 4.98. The van der Waals surface area contributed by atoms with Crippen molar-refractivity contribution in [3.8, 4) is 23.0 Å². The SMILES string of the molecule is COc1cc(OC)cc(C(=O)N2CCN(Cc3noc(-c4cccc(Cl)c4)n3)CC2)c1. The normalized spacial score (nSPS) is 14.5. The molecule has 2 heterocycles. The van der Waals surface area contributed by atoms with Crippen LogP contribution in [0.3, 0.4) is 0 Å². The maximum absolute atomic E-state index is 12.9. The summed E-state index contributed by atoms with van der Waals surface area (Å²) in [6.45, 7) is 3.20. The number of ether oxygens (including phenoxy) is 2. The molecule has 8 nitrogen and oxygen atoms in total. The third-order valence-corrected chi connectivity index (χ3v) is 5.40. The van der Waals surface area contributed by atoms with Crippen LogP contribution >= 0.6 is 11.6 Å². The van der Waals surface area contributed by atoms with Gasteiger partial charge in [0.2, 0.25) is 0 Å². The van der Waals surface area contributed by atoms with Gasteiger partial charge in [0.1, 0.15) is 11.5 Å². The largest absolute Gasteiger partial charge is 0.497 e. The highest BCUT2D eigenvalue weighted by molar-refractivity contribution is 6.30. The van der Waals surface area contributed by atoms with Gasteiger partial charge in [0.25, 0.3) is 11.8 Å². The molecular weight excluding hydrogens is 420 g/mol. The molecule has 9 heteroatoms. The predicted molar refractivity (Wildman–Crippen MR) is 115 cm³/mol. The Morgan fingerprint density at radius 1 is 1.06 bits per heavy atom. The molecule has 1 fully saturated rings. The number of methoxy groups -OCH3 is 2. The number of hydrogen-bond donors (Lipinski definition) is 0. The summed E-state index contributed by atoms with van der Waals surface area (Å²) in [5.41, 5.74) is 1.34. The highest BCUT2D eigenvalue weighted by atomic mass is 35.5. The lowest BCUT2D eigenvalue weighted by molar-refractivity contribution is 0.0623. The zero-order chi connectivity index (χ0) is 21.8. The molecule has 0 N–H and O–H groups in total. The van der Waals surface area contributed by atoms with Crippen LogP contribution in [0.4, 0.5) is 0 Å². The average molecular weight is 443 g/mol. The van der Waals surface area contributed by atoms with Crippen molar-refractivity contribution < 1.29 is 18.8 Å². The second kappa shape index (κ2) is 9.36. The number of carbonyl (C=O) groups excluding carboxylic acids is 1. The predicted octanol–water partition coefficient (Wildman–Crippen LogP) is 3.37. The number of aromatic nitrogens is 2. The fourth-order valence-corrected chi connectivity index (χ4v) is 3.67. The smallest absolute Gasteiger partial charge is 0.258 e. The Kier molecular flexibility index (Phi) is 6.39. The first-order chi connectivity index (χ1) is 15.1. The van der Waals surface area contributed by atoms with Crippen LogP contribution in [0.5, 0.6) is 11.5 Å². The van der Waals surface area contributed by atoms with Crippen molar-refractivity contribution in [2.24, 2.45) is 0 Å². The summed E-state index contributed by atoms with van der Waals surface area (Å²) in [5, 5.41) is 4.69. The van der Waals surface area contributed by atoms with Gasteiger partial charge < -0.3 is 18.9 Å². The number of rotatable bonds is 6. The number of amides is 1. The van der Waals surface area contributed by atoms with Gasteiger partial charge in [-0.2, -0.15) is 4.98 Å². The van der Waals surface area contributed by atoms with Gasteiger partial charge in [-0.1, -0.05) is 22.8 Å². The van der Waals surface area contributed by atoms with Crippen LogP contribution in [0, 0.1) is 0 Å². The molecule has 0 radical (unpaired) electrons. The first-order valence-corrected chi connectivity index (χ1v) is 10.3. The van der Waals surface area contributed by atoms with Crippen molar-refractivity contribution in [2.45, 2.75) is 6.54 Å². The molecule has 0 unspecified atom stereocenters. The molecule has 0 saturated carbocycles. The summed E-state index contributed by atoms with van der Waals surface area (Å²) in [6, 6.07) is 12.5. The second-order valence-corrected chi connectivity index (χ2v) is 7.63. The summed E-state index contributed by atoms with van der Waals surface area (Å²) in [4.78, 5) is 21.4. The molecule has 2 aromatic carbocycles. The summed E-state index contributed by atoms with van der Waals surface area (Å²) in [5.74, 6) is 2.19. The number of piperazine rings is 1. The van der Waals surface area contributed by atoms with E-state index in [-0.39, 0.29) is 5.91 Å². The van der Waals surface area contributed by atoms with E-state index in [4.69, 9.17) is 25.6 Å². The zero-order valence-corrected chi connectivity index (χ0v) is 18.1. The molecular formula is C22H23ClN4O4. The van der Waals surface area contributed by atoms with Crippen LogP contribution in [0.15, 0.2) is 47.0 Å². The van der Waals surface area contributed by atoms with Crippen molar-refractivity contribution in [3.05, 3.63) is 58.9 Å². The van der Waals surface area contributed by atoms with Gasteiger partial charge in [0, 0.05) is 48.4 Å². The molecule has 4 rings (SSSR count). The van der Waals surface area contributed by atoms with Gasteiger partial charge in [-0.25, -0.2) is 0 Å². The highest BCUT2D eigenvalue weighted by Gasteiger charge is 2.24. The Balaban J connectivity index is 1.36. The maximum Gasteiger partial charge on any atom is 0.258 e. The number of carbonyl (C=O) groups is 1. The first kappa shape index (κ1) is 21.1. The minimum absolute atomic E-state index is 0.0420. The number of benzene rings is 2. The van der Waals surface area contributed by atoms with Crippen LogP contribution in [0.1, 0.15) is 16.2 Å². The molecule has 0 bridgehead atoms. The monoisotopic (exact) mass is 442 g/mol. The van der Waals surface area contributed by atoms with Gasteiger partial charge in [-0.15, -0.1) is 0 Å². The molecule has 162 valence electrons. The molecule has 1 saturated heterocycles. The van der Waals surface area contributed by atoms with E-state index in [0.717, 1.165) is 5.56 Å². The maximum atomic E-state index is 12.9. The fourth-order valence-electron chi connectivity index (χ4n) is 3.48. The average Bonchev–Trinajstić information content (AvgIpc) is 3.27. The summed E-state index contributed by atoms with van der Waals surface area (Å²) in [6.07, 6.45) is 0. The Labute approximate surface area is 185 Å². The van der Waals surface area contributed by atoms with Gasteiger partial charge in [0.15, 0.2) is 5.82 Å². The number of halogens is 1. The van der Waals surface area contributed by atoms with Crippen LogP contribution in [-0.4, -0.2) is 66.2 Å². The van der Waals surface area contributed by atoms with Gasteiger partial charge >= 0.3 is 0 Å². The third-order valence-electron chi connectivity index (χ3n) is 5.16. The summed E-state index contributed by atoms with van der Waals surface area (Å²) in [7, 11) is 3.13. The molecule has 3 aromatic rings. The van der Waals surface area contributed by atoms with Crippen LogP contribution in [0.25, 0.3) is 11.5 Å². The molecule has 0 spiro atoms. The lowest BCUT2D eigenvalue weighted by Gasteiger charge is -2.34. The van der Waals surface area contributed by atoms with Gasteiger partial charge in [-0.3, -0.25) is 9.69 Å². The van der Waals surface area contributed by atoms with E-state index in [1.807, 2.05) is 17.0 Å². The fraction of sp³-hybridized carbons (Fsp3) is 0.318. The summed E-state index contributed by atoms with van der Waals surface area (Å²) >= 11 is 6.03. The van der Waals surface area contributed by atoms with E-state index < -0.39 is 0 Å². The van der Waals surface area contributed by atoms with Crippen molar-refractivity contribution in [2.75, 3.05) is 40.4 Å². The van der Waals surface area contributed by atoms with E-state index >= 15 is 0 Å². The quantitative estimate of drug-likeness (QED) is 0.579. The zero-order valence-electron chi connectivity index (χ0n) is 17.4. The van der Waals surface area contributed by atoms with Crippen LogP contribution in [-0.2, 0) is 6.54 Å². The van der Waals surface area contributed by atoms with E-state index in [1.165, 1.54) is 0 Å². The first-order valence-electron chi connectivity index (χ1n) is 9.89. The van der Waals surface area contributed by atoms with E-state index in [2.05, 4.69) is 15.0 Å². The molecule has 0 atom stereocenters. The second-order valence-electron chi connectivity index (χ2n) is 7.20. The van der Waals surface area contributed by atoms with Crippen LogP contribution < -0.4 is 9.47 Å². The van der Waals surface area contributed by atoms with Gasteiger partial charge in [-0.05, 0) is 30.3 Å². The van der Waals surface area contributed by atoms with Crippen molar-refractivity contribution in [3.63, 3.8) is 0 Å². The molecule has 0 aliphatic carbocycles. The Morgan fingerprint density at radius 3 is 2.42 bits per heavy atom. The number of hydrogen-bond acceptors (Lipinski definition) is 7. The van der Waals surface area contributed by atoms with Crippen LogP contribution in [0.2, 0.25) is 5.02 Å². The van der Waals surface area contributed by atoms with Crippen molar-refractivity contribution >= 4 is 17.5 Å². The number of nitrogens with zero attached hydrogens (tertiary/aromatic N) is 4. The molecule has 1 aliphatic heterocycles. The van der Waals surface area contributed by atoms with Crippen molar-refractivity contribution in [1.29, 1.82) is 0 Å². The van der Waals surface area contributed by atoms with Gasteiger partial charge in [0.05, 0.1) is 20.8 Å². The van der Waals surface area contributed by atoms with E-state index in [9.17, 15) is 4.79 Å². The Morgan fingerprint density at radius 2 is 1.77 bits per heavy atom. The minimum Gasteiger partial charge on any atom is -0.497 e. The standard InChI is InChI=1S/C22H23ClN4O4/c1-29-18-11-16(12-19(13-18)30-2)22(28)27-8-6-26(7-9-27)14-20-24-21(31-25-20)15-4-3-5-17(23)10-15/h3-5,10-13H,6-9,14H2,1-2H3. The lowest BCUT2D eigenvalue weighted by Crippen LogP contribution is -2.48. The Bertz CT molecular complexity index is 1040. The van der Waals surface area contributed by atoms with Crippen molar-refractivity contribution in [1.82, 2.24) is 19.9 Å². The minimum atomic E-state index is -0.0420. The molecule has 31 heavy (non-hydrogen) atoms. The summed E-state index contributed by atoms with van der Waals surface area (Å²) < 4.78 is 15.9.